The minimum atomic E-state index is -0.824. The first-order valence-corrected chi connectivity index (χ1v) is 10.1. The first-order chi connectivity index (χ1) is 15.4. The SMILES string of the molecule is CN(C)C=Nc1nc(N=CN(C)C)c2c(-c3ccco3)nn(C3CC(O)C(CO)O3)c2n1. The highest BCUT2D eigenvalue weighted by atomic mass is 16.5. The van der Waals surface area contributed by atoms with E-state index in [2.05, 4.69) is 20.0 Å². The molecule has 12 heteroatoms. The molecule has 0 aliphatic carbocycles. The summed E-state index contributed by atoms with van der Waals surface area (Å²) in [5.41, 5.74) is 0.920. The Hall–Kier alpha value is -3.35. The maximum atomic E-state index is 10.2. The van der Waals surface area contributed by atoms with Crippen LogP contribution in [0.5, 0.6) is 0 Å². The van der Waals surface area contributed by atoms with Crippen molar-refractivity contribution in [3.05, 3.63) is 18.4 Å². The monoisotopic (exact) mass is 442 g/mol. The van der Waals surface area contributed by atoms with Gasteiger partial charge < -0.3 is 29.2 Å². The molecule has 2 N–H and O–H groups in total. The van der Waals surface area contributed by atoms with Gasteiger partial charge in [0.25, 0.3) is 5.95 Å². The summed E-state index contributed by atoms with van der Waals surface area (Å²) in [4.78, 5) is 21.5. The van der Waals surface area contributed by atoms with Gasteiger partial charge in [0.05, 0.1) is 37.0 Å². The molecule has 0 bridgehead atoms. The largest absolute Gasteiger partial charge is 0.463 e. The normalized spacial score (nSPS) is 21.4. The summed E-state index contributed by atoms with van der Waals surface area (Å²) in [6, 6.07) is 3.54. The molecule has 4 rings (SSSR count). The zero-order valence-electron chi connectivity index (χ0n) is 18.3. The van der Waals surface area contributed by atoms with Crippen LogP contribution in [-0.4, -0.2) is 99.4 Å². The lowest BCUT2D eigenvalue weighted by Gasteiger charge is -2.13. The Morgan fingerprint density at radius 3 is 2.56 bits per heavy atom. The van der Waals surface area contributed by atoms with Crippen molar-refractivity contribution in [1.29, 1.82) is 0 Å². The van der Waals surface area contributed by atoms with E-state index in [0.29, 0.717) is 28.3 Å². The fourth-order valence-electron chi connectivity index (χ4n) is 3.31. The van der Waals surface area contributed by atoms with Crippen LogP contribution in [0.1, 0.15) is 12.6 Å². The summed E-state index contributed by atoms with van der Waals surface area (Å²) in [6.45, 7) is -0.298. The highest BCUT2D eigenvalue weighted by Crippen LogP contribution is 2.38. The topological polar surface area (TPSA) is 138 Å². The third-order valence-corrected chi connectivity index (χ3v) is 4.75. The predicted molar refractivity (Wildman–Crippen MR) is 118 cm³/mol. The van der Waals surface area contributed by atoms with Crippen molar-refractivity contribution in [3.63, 3.8) is 0 Å². The number of hydrogen-bond donors (Lipinski definition) is 2. The number of aliphatic imine (C=N–C) groups is 2. The molecule has 12 nitrogen and oxygen atoms in total. The third kappa shape index (κ3) is 4.33. The molecule has 1 fully saturated rings. The molecule has 32 heavy (non-hydrogen) atoms. The quantitative estimate of drug-likeness (QED) is 0.408. The highest BCUT2D eigenvalue weighted by Gasteiger charge is 2.37. The zero-order valence-corrected chi connectivity index (χ0v) is 18.3. The number of rotatable bonds is 7. The van der Waals surface area contributed by atoms with Gasteiger partial charge in [-0.05, 0) is 12.1 Å². The molecule has 3 aromatic heterocycles. The first-order valence-electron chi connectivity index (χ1n) is 10.1. The lowest BCUT2D eigenvalue weighted by Crippen LogP contribution is -2.24. The van der Waals surface area contributed by atoms with Gasteiger partial charge in [-0.25, -0.2) is 14.7 Å². The van der Waals surface area contributed by atoms with Crippen molar-refractivity contribution in [2.45, 2.75) is 24.9 Å². The van der Waals surface area contributed by atoms with Crippen LogP contribution in [0.3, 0.4) is 0 Å². The van der Waals surface area contributed by atoms with Gasteiger partial charge in [0.15, 0.2) is 23.5 Å². The third-order valence-electron chi connectivity index (χ3n) is 4.75. The van der Waals surface area contributed by atoms with Crippen LogP contribution in [0.15, 0.2) is 32.8 Å². The predicted octanol–water partition coefficient (Wildman–Crippen LogP) is 1.17. The maximum absolute atomic E-state index is 10.2. The van der Waals surface area contributed by atoms with E-state index in [0.717, 1.165) is 0 Å². The summed E-state index contributed by atoms with van der Waals surface area (Å²) in [5, 5.41) is 25.0. The van der Waals surface area contributed by atoms with Crippen LogP contribution in [0.25, 0.3) is 22.5 Å². The highest BCUT2D eigenvalue weighted by molar-refractivity contribution is 5.98. The molecule has 3 atom stereocenters. The number of aromatic nitrogens is 4. The Bertz CT molecular complexity index is 1120. The van der Waals surface area contributed by atoms with Crippen molar-refractivity contribution in [2.24, 2.45) is 9.98 Å². The van der Waals surface area contributed by atoms with E-state index in [-0.39, 0.29) is 19.0 Å². The smallest absolute Gasteiger partial charge is 0.254 e. The summed E-state index contributed by atoms with van der Waals surface area (Å²) >= 11 is 0. The molecule has 0 aromatic carbocycles. The first kappa shape index (κ1) is 21.9. The van der Waals surface area contributed by atoms with Crippen molar-refractivity contribution in [2.75, 3.05) is 34.8 Å². The number of nitrogens with zero attached hydrogens (tertiary/aromatic N) is 8. The van der Waals surface area contributed by atoms with Crippen LogP contribution < -0.4 is 0 Å². The molecule has 170 valence electrons. The van der Waals surface area contributed by atoms with Crippen LogP contribution in [0, 0.1) is 0 Å². The molecule has 1 saturated heterocycles. The molecule has 0 amide bonds. The standard InChI is InChI=1S/C20H26N8O4/c1-26(2)10-21-18-16-17(13-6-5-7-31-13)25-28(15-8-12(30)14(9-29)32-15)19(16)24-20(23-18)22-11-27(3)4/h5-7,10-12,14-15,29-30H,8-9H2,1-4H3. The summed E-state index contributed by atoms with van der Waals surface area (Å²) in [6.07, 6.45) is 2.85. The van der Waals surface area contributed by atoms with Crippen molar-refractivity contribution in [1.82, 2.24) is 29.5 Å². The number of fused-ring (bicyclic) bond motifs is 1. The fraction of sp³-hybridized carbons (Fsp3) is 0.450. The van der Waals surface area contributed by atoms with Crippen LogP contribution >= 0.6 is 0 Å². The molecule has 0 radical (unpaired) electrons. The van der Waals surface area contributed by atoms with E-state index >= 15 is 0 Å². The number of aliphatic hydroxyl groups is 2. The second-order valence-corrected chi connectivity index (χ2v) is 7.85. The van der Waals surface area contributed by atoms with Gasteiger partial charge >= 0.3 is 0 Å². The number of hydrogen-bond acceptors (Lipinski definition) is 9. The van der Waals surface area contributed by atoms with E-state index in [1.54, 1.807) is 45.6 Å². The van der Waals surface area contributed by atoms with Crippen LogP contribution in [0.4, 0.5) is 11.8 Å². The second-order valence-electron chi connectivity index (χ2n) is 7.85. The zero-order chi connectivity index (χ0) is 22.8. The molecule has 4 heterocycles. The fourth-order valence-corrected chi connectivity index (χ4v) is 3.31. The van der Waals surface area contributed by atoms with E-state index in [1.165, 1.54) is 0 Å². The molecule has 1 aliphatic rings. The van der Waals surface area contributed by atoms with Gasteiger partial charge in [0.2, 0.25) is 0 Å². The van der Waals surface area contributed by atoms with E-state index in [4.69, 9.17) is 14.3 Å². The van der Waals surface area contributed by atoms with Gasteiger partial charge in [-0.3, -0.25) is 0 Å². The minimum absolute atomic E-state index is 0.196. The Balaban J connectivity index is 1.95. The molecular weight excluding hydrogens is 416 g/mol. The second kappa shape index (κ2) is 9.02. The van der Waals surface area contributed by atoms with E-state index < -0.39 is 18.4 Å². The van der Waals surface area contributed by atoms with E-state index in [1.807, 2.05) is 28.2 Å². The Morgan fingerprint density at radius 1 is 1.19 bits per heavy atom. The molecule has 0 spiro atoms. The Morgan fingerprint density at radius 2 is 1.94 bits per heavy atom. The number of ether oxygens (including phenoxy) is 1. The number of furan rings is 1. The number of aliphatic hydroxyl groups excluding tert-OH is 2. The van der Waals surface area contributed by atoms with Crippen LogP contribution in [0.2, 0.25) is 0 Å². The molecular formula is C20H26N8O4. The molecule has 3 aromatic rings. The lowest BCUT2D eigenvalue weighted by atomic mass is 10.2. The summed E-state index contributed by atoms with van der Waals surface area (Å²) in [7, 11) is 7.39. The van der Waals surface area contributed by atoms with Crippen LogP contribution in [-0.2, 0) is 4.74 Å². The minimum Gasteiger partial charge on any atom is -0.463 e. The van der Waals surface area contributed by atoms with Crippen molar-refractivity contribution in [3.8, 4) is 11.5 Å². The average molecular weight is 442 g/mol. The molecule has 3 unspecified atom stereocenters. The lowest BCUT2D eigenvalue weighted by molar-refractivity contribution is -0.0469. The molecule has 1 aliphatic heterocycles. The Labute approximate surface area is 184 Å². The average Bonchev–Trinajstić information content (AvgIpc) is 3.48. The van der Waals surface area contributed by atoms with Crippen molar-refractivity contribution >= 4 is 35.5 Å². The van der Waals surface area contributed by atoms with Gasteiger partial charge in [-0.1, -0.05) is 0 Å². The molecule has 0 saturated carbocycles. The summed E-state index contributed by atoms with van der Waals surface area (Å²) in [5.74, 6) is 1.08. The van der Waals surface area contributed by atoms with Crippen molar-refractivity contribution < 1.29 is 19.4 Å². The van der Waals surface area contributed by atoms with Gasteiger partial charge in [-0.15, -0.1) is 0 Å². The van der Waals surface area contributed by atoms with Gasteiger partial charge in [0, 0.05) is 34.6 Å². The van der Waals surface area contributed by atoms with Gasteiger partial charge in [-0.2, -0.15) is 15.1 Å². The van der Waals surface area contributed by atoms with Gasteiger partial charge in [0.1, 0.15) is 11.8 Å². The van der Waals surface area contributed by atoms with E-state index in [9.17, 15) is 10.2 Å². The maximum Gasteiger partial charge on any atom is 0.254 e. The Kier molecular flexibility index (Phi) is 6.17. The summed E-state index contributed by atoms with van der Waals surface area (Å²) < 4.78 is 13.0.